The Morgan fingerprint density at radius 2 is 1.38 bits per heavy atom. The minimum atomic E-state index is -4.22. The van der Waals surface area contributed by atoms with E-state index in [1.807, 2.05) is 24.3 Å². The van der Waals surface area contributed by atoms with Gasteiger partial charge in [0.15, 0.2) is 18.1 Å². The molecular weight excluding hydrogens is 424 g/mol. The highest BCUT2D eigenvalue weighted by molar-refractivity contribution is 7.90. The summed E-state index contributed by atoms with van der Waals surface area (Å²) >= 11 is 0. The van der Waals surface area contributed by atoms with Crippen LogP contribution < -0.4 is 9.67 Å². The summed E-state index contributed by atoms with van der Waals surface area (Å²) in [6, 6.07) is 23.3. The molecule has 0 saturated heterocycles. The fourth-order valence-electron chi connectivity index (χ4n) is 3.71. The number of nitrogens with zero attached hydrogens (tertiary/aromatic N) is 2. The van der Waals surface area contributed by atoms with Crippen molar-refractivity contribution >= 4 is 43.7 Å². The summed E-state index contributed by atoms with van der Waals surface area (Å²) in [5.41, 5.74) is -0.161. The first kappa shape index (κ1) is 19.8. The van der Waals surface area contributed by atoms with Gasteiger partial charge >= 0.3 is 0 Å². The second kappa shape index (κ2) is 7.55. The fourth-order valence-corrected chi connectivity index (χ4v) is 4.73. The molecule has 7 heteroatoms. The number of pyridine rings is 1. The smallest absolute Gasteiger partial charge is 0.283 e. The summed E-state index contributed by atoms with van der Waals surface area (Å²) in [5, 5.41) is 15.2. The summed E-state index contributed by atoms with van der Waals surface area (Å²) in [6.45, 7) is 0. The van der Waals surface area contributed by atoms with Crippen molar-refractivity contribution < 1.29 is 22.9 Å². The highest BCUT2D eigenvalue weighted by Crippen LogP contribution is 2.28. The van der Waals surface area contributed by atoms with Crippen LogP contribution in [0.5, 0.6) is 0 Å². The van der Waals surface area contributed by atoms with E-state index >= 15 is 0 Å². The molecule has 156 valence electrons. The van der Waals surface area contributed by atoms with Crippen molar-refractivity contribution in [3.8, 4) is 0 Å². The lowest BCUT2D eigenvalue weighted by atomic mass is 9.91. The van der Waals surface area contributed by atoms with Crippen molar-refractivity contribution in [1.82, 2.24) is 0 Å². The molecule has 1 aromatic heterocycles. The van der Waals surface area contributed by atoms with Crippen LogP contribution in [0, 0.1) is 0 Å². The predicted molar refractivity (Wildman–Crippen MR) is 119 cm³/mol. The second-order valence-corrected chi connectivity index (χ2v) is 8.87. The minimum Gasteiger partial charge on any atom is -0.867 e. The summed E-state index contributed by atoms with van der Waals surface area (Å²) in [7, 11) is -4.22. The third-order valence-electron chi connectivity index (χ3n) is 5.27. The van der Waals surface area contributed by atoms with Crippen molar-refractivity contribution in [3.63, 3.8) is 0 Å². The summed E-state index contributed by atoms with van der Waals surface area (Å²) in [6.07, 6.45) is 3.32. The van der Waals surface area contributed by atoms with E-state index in [1.54, 1.807) is 54.9 Å². The second-order valence-electron chi connectivity index (χ2n) is 7.26. The third kappa shape index (κ3) is 3.29. The van der Waals surface area contributed by atoms with Gasteiger partial charge in [0, 0.05) is 17.0 Å². The van der Waals surface area contributed by atoms with Gasteiger partial charge in [-0.15, -0.1) is 4.40 Å². The quantitative estimate of drug-likeness (QED) is 0.458. The van der Waals surface area contributed by atoms with E-state index < -0.39 is 27.3 Å². The monoisotopic (exact) mass is 440 g/mol. The zero-order valence-corrected chi connectivity index (χ0v) is 17.5. The Balaban J connectivity index is 1.79. The molecule has 0 fully saturated rings. The molecule has 0 bridgehead atoms. The molecule has 0 radical (unpaired) electrons. The molecule has 1 heterocycles. The molecule has 0 atom stereocenters. The van der Waals surface area contributed by atoms with E-state index in [9.17, 15) is 18.3 Å². The number of fused-ring (bicyclic) bond motifs is 2. The van der Waals surface area contributed by atoms with Crippen LogP contribution in [-0.4, -0.2) is 19.9 Å². The first-order chi connectivity index (χ1) is 15.5. The van der Waals surface area contributed by atoms with E-state index in [1.165, 1.54) is 22.8 Å². The van der Waals surface area contributed by atoms with Crippen LogP contribution in [0.1, 0.15) is 15.9 Å². The Hall–Kier alpha value is -4.10. The average molecular weight is 440 g/mol. The summed E-state index contributed by atoms with van der Waals surface area (Å²) < 4.78 is 31.3. The average Bonchev–Trinajstić information content (AvgIpc) is 2.83. The zero-order valence-electron chi connectivity index (χ0n) is 16.7. The van der Waals surface area contributed by atoms with Crippen LogP contribution in [-0.2, 0) is 10.0 Å². The maximum absolute atomic E-state index is 13.4. The molecule has 5 rings (SSSR count). The molecule has 4 aromatic rings. The van der Waals surface area contributed by atoms with E-state index in [4.69, 9.17) is 0 Å². The molecule has 1 aliphatic carbocycles. The molecule has 0 N–H and O–H groups in total. The number of rotatable bonds is 3. The van der Waals surface area contributed by atoms with E-state index in [2.05, 4.69) is 4.40 Å². The van der Waals surface area contributed by atoms with E-state index in [-0.39, 0.29) is 21.7 Å². The number of carbonyl (C=O) groups is 1. The Labute approximate surface area is 184 Å². The van der Waals surface area contributed by atoms with E-state index in [0.717, 1.165) is 10.8 Å². The lowest BCUT2D eigenvalue weighted by Crippen LogP contribution is -2.43. The molecule has 0 spiro atoms. The molecule has 0 unspecified atom stereocenters. The van der Waals surface area contributed by atoms with Gasteiger partial charge in [-0.2, -0.15) is 13.0 Å². The molecule has 0 amide bonds. The van der Waals surface area contributed by atoms with Gasteiger partial charge in [-0.3, -0.25) is 4.79 Å². The van der Waals surface area contributed by atoms with Crippen LogP contribution in [0.25, 0.3) is 22.2 Å². The zero-order chi connectivity index (χ0) is 22.3. The number of Topliss-reactive ketones (excluding diaryl/α,β-unsaturated/α-hetero) is 1. The topological polar surface area (TPSA) is 90.5 Å². The Morgan fingerprint density at radius 3 is 2.12 bits per heavy atom. The molecule has 3 aromatic carbocycles. The summed E-state index contributed by atoms with van der Waals surface area (Å²) in [5.74, 6) is -1.09. The first-order valence-electron chi connectivity index (χ1n) is 9.82. The van der Waals surface area contributed by atoms with Gasteiger partial charge in [0.2, 0.25) is 11.5 Å². The number of allylic oxidation sites excluding steroid dienone is 1. The predicted octanol–water partition coefficient (Wildman–Crippen LogP) is 2.84. The Bertz CT molecular complexity index is 1560. The fraction of sp³-hybridized carbons (Fsp3) is 0. The highest BCUT2D eigenvalue weighted by Gasteiger charge is 2.35. The molecule has 0 aliphatic heterocycles. The number of benzene rings is 3. The van der Waals surface area contributed by atoms with Gasteiger partial charge in [-0.05, 0) is 34.9 Å². The largest absolute Gasteiger partial charge is 0.867 e. The van der Waals surface area contributed by atoms with Gasteiger partial charge in [-0.25, -0.2) is 0 Å². The minimum absolute atomic E-state index is 0.0607. The number of aromatic nitrogens is 1. The molecule has 0 saturated carbocycles. The van der Waals surface area contributed by atoms with Crippen LogP contribution in [0.2, 0.25) is 0 Å². The Morgan fingerprint density at radius 1 is 0.750 bits per heavy atom. The van der Waals surface area contributed by atoms with Crippen LogP contribution in [0.4, 0.5) is 0 Å². The number of hydrogen-bond donors (Lipinski definition) is 0. The van der Waals surface area contributed by atoms with Crippen molar-refractivity contribution in [1.29, 1.82) is 0 Å². The van der Waals surface area contributed by atoms with Gasteiger partial charge in [0.05, 0.1) is 4.90 Å². The molecule has 1 aliphatic rings. The number of hydrogen-bond acceptors (Lipinski definition) is 4. The SMILES string of the molecule is O=C1C(=NS(=O)(=O)c2ccccc2)C([n+]2ccc3ccccc3c2)=C([O-])c2ccccc21. The van der Waals surface area contributed by atoms with Gasteiger partial charge in [-0.1, -0.05) is 60.7 Å². The molecular formula is C25H16N2O4S. The molecule has 32 heavy (non-hydrogen) atoms. The van der Waals surface area contributed by atoms with Crippen LogP contribution in [0.15, 0.2) is 107 Å². The number of sulfonamides is 1. The Kier molecular flexibility index (Phi) is 4.68. The lowest BCUT2D eigenvalue weighted by Gasteiger charge is -2.23. The van der Waals surface area contributed by atoms with Gasteiger partial charge in [0.1, 0.15) is 0 Å². The first-order valence-corrected chi connectivity index (χ1v) is 11.3. The van der Waals surface area contributed by atoms with Crippen molar-refractivity contribution in [2.24, 2.45) is 4.40 Å². The van der Waals surface area contributed by atoms with Crippen LogP contribution in [0.3, 0.4) is 0 Å². The van der Waals surface area contributed by atoms with E-state index in [0.29, 0.717) is 0 Å². The summed E-state index contributed by atoms with van der Waals surface area (Å²) in [4.78, 5) is 13.3. The van der Waals surface area contributed by atoms with Gasteiger partial charge in [0.25, 0.3) is 10.0 Å². The lowest BCUT2D eigenvalue weighted by molar-refractivity contribution is -0.576. The third-order valence-corrected chi connectivity index (χ3v) is 6.56. The maximum Gasteiger partial charge on any atom is 0.283 e. The van der Waals surface area contributed by atoms with Crippen molar-refractivity contribution in [2.75, 3.05) is 0 Å². The van der Waals surface area contributed by atoms with Crippen LogP contribution >= 0.6 is 0 Å². The standard InChI is InChI=1S/C25H16N2O4S/c28-24-20-12-6-7-13-21(20)25(29)23(27-15-14-17-8-4-5-9-18(17)16-27)22(24)26-32(30,31)19-10-2-1-3-11-19/h1-16H. The van der Waals surface area contributed by atoms with Crippen molar-refractivity contribution in [3.05, 3.63) is 108 Å². The van der Waals surface area contributed by atoms with Gasteiger partial charge < -0.3 is 5.11 Å². The highest BCUT2D eigenvalue weighted by atomic mass is 32.2. The molecule has 6 nitrogen and oxygen atoms in total. The number of ketones is 1. The normalized spacial score (nSPS) is 15.2. The number of carbonyl (C=O) groups excluding carboxylic acids is 1. The van der Waals surface area contributed by atoms with Crippen molar-refractivity contribution in [2.45, 2.75) is 4.90 Å². The maximum atomic E-state index is 13.4.